The molecule has 0 saturated carbocycles. The van der Waals surface area contributed by atoms with Crippen molar-refractivity contribution in [2.75, 3.05) is 23.3 Å². The maximum absolute atomic E-state index is 12.9. The fourth-order valence-electron chi connectivity index (χ4n) is 4.04. The Morgan fingerprint density at radius 2 is 1.82 bits per heavy atom. The molecule has 200 valence electrons. The summed E-state index contributed by atoms with van der Waals surface area (Å²) in [6.07, 6.45) is 1.19. The minimum Gasteiger partial charge on any atom is -0.410 e. The molecule has 11 nitrogen and oxygen atoms in total. The second kappa shape index (κ2) is 12.6. The van der Waals surface area contributed by atoms with Crippen LogP contribution in [0.5, 0.6) is 5.75 Å². The van der Waals surface area contributed by atoms with E-state index in [0.29, 0.717) is 28.9 Å². The molecule has 0 atom stereocenters. The zero-order chi connectivity index (χ0) is 27.8. The number of hydrogen-bond donors (Lipinski definition) is 2. The third kappa shape index (κ3) is 7.25. The summed E-state index contributed by atoms with van der Waals surface area (Å²) >= 11 is 0. The second-order valence-corrected chi connectivity index (χ2v) is 9.62. The van der Waals surface area contributed by atoms with E-state index in [2.05, 4.69) is 65.1 Å². The predicted molar refractivity (Wildman–Crippen MR) is 148 cm³/mol. The van der Waals surface area contributed by atoms with Crippen LogP contribution in [-0.4, -0.2) is 44.7 Å². The molecule has 0 aliphatic carbocycles. The quantitative estimate of drug-likeness (QED) is 0.180. The van der Waals surface area contributed by atoms with E-state index in [1.165, 1.54) is 24.3 Å². The Labute approximate surface area is 221 Å². The first-order valence-electron chi connectivity index (χ1n) is 12.3. The summed E-state index contributed by atoms with van der Waals surface area (Å²) in [5.74, 6) is 1.40. The van der Waals surface area contributed by atoms with Crippen LogP contribution in [0.25, 0.3) is 11.1 Å². The summed E-state index contributed by atoms with van der Waals surface area (Å²) in [5.41, 5.74) is 3.51. The molecule has 11 heteroatoms. The van der Waals surface area contributed by atoms with Crippen molar-refractivity contribution >= 4 is 34.3 Å². The van der Waals surface area contributed by atoms with E-state index in [1.54, 1.807) is 0 Å². The summed E-state index contributed by atoms with van der Waals surface area (Å²) < 4.78 is 5.43. The Morgan fingerprint density at radius 1 is 1.16 bits per heavy atom. The molecule has 0 radical (unpaired) electrons. The highest BCUT2D eigenvalue weighted by Crippen LogP contribution is 2.35. The molecule has 3 aromatic rings. The summed E-state index contributed by atoms with van der Waals surface area (Å²) in [5, 5.41) is 27.7. The van der Waals surface area contributed by atoms with E-state index in [4.69, 9.17) is 4.74 Å². The Kier molecular flexibility index (Phi) is 9.31. The molecule has 0 aliphatic rings. The lowest BCUT2D eigenvalue weighted by molar-refractivity contribution is -0.384. The van der Waals surface area contributed by atoms with Crippen LogP contribution in [0.15, 0.2) is 55.1 Å². The number of amides is 1. The zero-order valence-electron chi connectivity index (χ0n) is 22.3. The average molecular weight is 520 g/mol. The molecule has 2 N–H and O–H groups in total. The lowest BCUT2D eigenvalue weighted by atomic mass is 9.97. The third-order valence-corrected chi connectivity index (χ3v) is 5.56. The van der Waals surface area contributed by atoms with Gasteiger partial charge in [-0.25, -0.2) is 9.89 Å². The number of allylic oxidation sites excluding steroid dienone is 3. The normalized spacial score (nSPS) is 11.5. The van der Waals surface area contributed by atoms with Gasteiger partial charge in [-0.1, -0.05) is 46.4 Å². The van der Waals surface area contributed by atoms with Crippen molar-refractivity contribution in [2.45, 2.75) is 34.6 Å². The lowest BCUT2D eigenvalue weighted by Crippen LogP contribution is -2.32. The smallest absolute Gasteiger partial charge is 0.410 e. The number of rotatable bonds is 11. The fraction of sp³-hybridized carbons (Fsp3) is 0.333. The van der Waals surface area contributed by atoms with E-state index < -0.39 is 11.0 Å². The third-order valence-electron chi connectivity index (χ3n) is 5.56. The van der Waals surface area contributed by atoms with Gasteiger partial charge in [0.2, 0.25) is 0 Å². The number of aromatic amines is 1. The first-order chi connectivity index (χ1) is 18.1. The molecule has 38 heavy (non-hydrogen) atoms. The average Bonchev–Trinajstić information content (AvgIpc) is 3.39. The largest absolute Gasteiger partial charge is 0.417 e. The van der Waals surface area contributed by atoms with E-state index in [-0.39, 0.29) is 11.4 Å². The molecule has 1 amide bonds. The Morgan fingerprint density at radius 3 is 2.34 bits per heavy atom. The number of non-ortho nitro benzene ring substituents is 1. The minimum atomic E-state index is -0.716. The summed E-state index contributed by atoms with van der Waals surface area (Å²) in [4.78, 5) is 25.6. The molecular weight excluding hydrogens is 486 g/mol. The van der Waals surface area contributed by atoms with Gasteiger partial charge in [-0.05, 0) is 64.6 Å². The maximum atomic E-state index is 12.9. The maximum Gasteiger partial charge on any atom is 0.417 e. The number of anilines is 2. The summed E-state index contributed by atoms with van der Waals surface area (Å²) in [6.45, 7) is 16.2. The van der Waals surface area contributed by atoms with Gasteiger partial charge in [0.05, 0.1) is 16.3 Å². The summed E-state index contributed by atoms with van der Waals surface area (Å²) in [7, 11) is 0. The Hall–Kier alpha value is -4.54. The number of nitro groups is 1. The fourth-order valence-corrected chi connectivity index (χ4v) is 4.04. The van der Waals surface area contributed by atoms with Crippen LogP contribution in [0.4, 0.5) is 21.9 Å². The van der Waals surface area contributed by atoms with Gasteiger partial charge in [0.1, 0.15) is 5.75 Å². The number of tetrazole rings is 1. The van der Waals surface area contributed by atoms with E-state index in [9.17, 15) is 14.9 Å². The number of ether oxygens (including phenoxy) is 1. The number of nitrogens with zero attached hydrogens (tertiary/aromatic N) is 5. The standard InChI is InChI=1S/C27H33N7O4/c1-7-23(19(6)26-29-31-32-30-26)20-8-13-25(33(15-17(2)3)16-18(4)5)24(14-20)28-27(35)38-22-11-9-21(10-12-22)34(36)37/h7-14,17-18H,6,15-16H2,1-5H3,(H,28,35)(H,29,30,31,32)/b23-7+. The number of carbonyl (C=O) groups is 1. The molecule has 2 aromatic carbocycles. The monoisotopic (exact) mass is 519 g/mol. The van der Waals surface area contributed by atoms with Gasteiger partial charge in [0.25, 0.3) is 5.69 Å². The van der Waals surface area contributed by atoms with Gasteiger partial charge < -0.3 is 9.64 Å². The molecule has 0 fully saturated rings. The van der Waals surface area contributed by atoms with Gasteiger partial charge in [-0.15, -0.1) is 5.10 Å². The van der Waals surface area contributed by atoms with Crippen molar-refractivity contribution in [3.05, 3.63) is 76.6 Å². The highest BCUT2D eigenvalue weighted by molar-refractivity contribution is 6.03. The number of benzene rings is 2. The molecule has 0 spiro atoms. The van der Waals surface area contributed by atoms with Gasteiger partial charge in [-0.2, -0.15) is 0 Å². The number of H-pyrrole nitrogens is 1. The molecule has 1 aromatic heterocycles. The van der Waals surface area contributed by atoms with Crippen molar-refractivity contribution < 1.29 is 14.5 Å². The highest BCUT2D eigenvalue weighted by Gasteiger charge is 2.20. The molecule has 1 heterocycles. The Balaban J connectivity index is 1.98. The van der Waals surface area contributed by atoms with Crippen molar-refractivity contribution in [3.8, 4) is 5.75 Å². The first kappa shape index (κ1) is 28.0. The van der Waals surface area contributed by atoms with Crippen LogP contribution in [0.1, 0.15) is 46.0 Å². The van der Waals surface area contributed by atoms with Crippen LogP contribution in [0.2, 0.25) is 0 Å². The number of carbonyl (C=O) groups excluding carboxylic acids is 1. The molecule has 3 rings (SSSR count). The number of nitrogens with one attached hydrogen (secondary N) is 2. The van der Waals surface area contributed by atoms with Gasteiger partial charge in [-0.3, -0.25) is 15.4 Å². The topological polar surface area (TPSA) is 139 Å². The van der Waals surface area contributed by atoms with E-state index in [1.807, 2.05) is 31.2 Å². The Bertz CT molecular complexity index is 1290. The van der Waals surface area contributed by atoms with Crippen molar-refractivity contribution in [1.82, 2.24) is 20.6 Å². The van der Waals surface area contributed by atoms with Crippen LogP contribution in [-0.2, 0) is 0 Å². The molecular formula is C27H33N7O4. The van der Waals surface area contributed by atoms with Gasteiger partial charge >= 0.3 is 6.09 Å². The first-order valence-corrected chi connectivity index (χ1v) is 12.3. The number of hydrogen-bond acceptors (Lipinski definition) is 8. The second-order valence-electron chi connectivity index (χ2n) is 9.62. The molecule has 0 unspecified atom stereocenters. The van der Waals surface area contributed by atoms with Crippen LogP contribution in [0, 0.1) is 22.0 Å². The predicted octanol–water partition coefficient (Wildman–Crippen LogP) is 5.95. The lowest BCUT2D eigenvalue weighted by Gasteiger charge is -2.30. The zero-order valence-corrected chi connectivity index (χ0v) is 22.3. The number of nitro benzene ring substituents is 1. The number of aromatic nitrogens is 4. The van der Waals surface area contributed by atoms with Crippen molar-refractivity contribution in [3.63, 3.8) is 0 Å². The minimum absolute atomic E-state index is 0.0909. The SMILES string of the molecule is C=C(/C(=C\C)c1ccc(N(CC(C)C)CC(C)C)c(NC(=O)Oc2ccc([N+](=O)[O-])cc2)c1)c1nnn[nH]1. The van der Waals surface area contributed by atoms with Crippen LogP contribution >= 0.6 is 0 Å². The van der Waals surface area contributed by atoms with Crippen molar-refractivity contribution in [1.29, 1.82) is 0 Å². The van der Waals surface area contributed by atoms with Crippen molar-refractivity contribution in [2.24, 2.45) is 11.8 Å². The summed E-state index contributed by atoms with van der Waals surface area (Å²) in [6, 6.07) is 11.1. The van der Waals surface area contributed by atoms with Crippen LogP contribution in [0.3, 0.4) is 0 Å². The van der Waals surface area contributed by atoms with Crippen LogP contribution < -0.4 is 15.0 Å². The van der Waals surface area contributed by atoms with E-state index >= 15 is 0 Å². The van der Waals surface area contributed by atoms with Gasteiger partial charge in [0.15, 0.2) is 5.82 Å². The van der Waals surface area contributed by atoms with Gasteiger partial charge in [0, 0.05) is 30.8 Å². The molecule has 0 aliphatic heterocycles. The highest BCUT2D eigenvalue weighted by atomic mass is 16.6. The molecule has 0 saturated heterocycles. The molecule has 0 bridgehead atoms. The van der Waals surface area contributed by atoms with E-state index in [0.717, 1.165) is 29.9 Å².